The van der Waals surface area contributed by atoms with Crippen LogP contribution in [-0.4, -0.2) is 30.3 Å². The van der Waals surface area contributed by atoms with E-state index in [1.54, 1.807) is 0 Å². The van der Waals surface area contributed by atoms with Crippen LogP contribution in [0, 0.1) is 6.42 Å². The van der Waals surface area contributed by atoms with E-state index in [0.717, 1.165) is 26.1 Å². The van der Waals surface area contributed by atoms with Crippen molar-refractivity contribution < 1.29 is 51.4 Å². The van der Waals surface area contributed by atoms with E-state index >= 15 is 0 Å². The van der Waals surface area contributed by atoms with Gasteiger partial charge in [0.25, 0.3) is 0 Å². The fourth-order valence-electron chi connectivity index (χ4n) is 0.956. The zero-order valence-electron chi connectivity index (χ0n) is 7.45. The summed E-state index contributed by atoms with van der Waals surface area (Å²) in [5.41, 5.74) is 0. The smallest absolute Gasteiger partial charge is 0.683 e. The maximum atomic E-state index is 4.46. The summed E-state index contributed by atoms with van der Waals surface area (Å²) in [6.07, 6.45) is 3.35. The molecule has 0 aliphatic carbocycles. The molecule has 1 unspecified atom stereocenters. The molecule has 4 heteroatoms. The third-order valence-corrected chi connectivity index (χ3v) is 2.09. The fourth-order valence-corrected chi connectivity index (χ4v) is 1.44. The van der Waals surface area contributed by atoms with Crippen LogP contribution in [0.3, 0.4) is 0 Å². The van der Waals surface area contributed by atoms with Crippen molar-refractivity contribution in [3.8, 4) is 0 Å². The second kappa shape index (κ2) is 7.40. The molecule has 1 saturated heterocycles. The summed E-state index contributed by atoms with van der Waals surface area (Å²) in [5.74, 6) is 0. The van der Waals surface area contributed by atoms with Crippen LogP contribution < -0.4 is 51.4 Å². The summed E-state index contributed by atoms with van der Waals surface area (Å²) < 4.78 is 2.21. The van der Waals surface area contributed by atoms with Crippen LogP contribution in [0.2, 0.25) is 0 Å². The van der Waals surface area contributed by atoms with Gasteiger partial charge in [0, 0.05) is 0 Å². The zero-order chi connectivity index (χ0) is 7.40. The van der Waals surface area contributed by atoms with Crippen molar-refractivity contribution in [2.45, 2.75) is 19.4 Å². The Hall–Kier alpha value is 1.99. The zero-order valence-corrected chi connectivity index (χ0v) is 11.7. The third kappa shape index (κ3) is 5.32. The van der Waals surface area contributed by atoms with Crippen LogP contribution in [0.4, 0.5) is 0 Å². The minimum atomic E-state index is 0. The molecule has 0 amide bonds. The van der Waals surface area contributed by atoms with Gasteiger partial charge in [0.2, 0.25) is 0 Å². The number of hydrogen-bond donors (Lipinski definition) is 0. The molecule has 2 nitrogen and oxygen atoms in total. The van der Waals surface area contributed by atoms with Crippen LogP contribution in [0.25, 0.3) is 5.32 Å². The predicted molar refractivity (Wildman–Crippen MR) is 47.9 cm³/mol. The Kier molecular flexibility index (Phi) is 8.73. The molecule has 0 radical (unpaired) electrons. The Morgan fingerprint density at radius 1 is 1.64 bits per heavy atom. The van der Waals surface area contributed by atoms with Gasteiger partial charge in [0.05, 0.1) is 0 Å². The molecule has 1 fully saturated rings. The van der Waals surface area contributed by atoms with Crippen molar-refractivity contribution in [1.82, 2.24) is 4.67 Å². The summed E-state index contributed by atoms with van der Waals surface area (Å²) in [5, 5.41) is 4.46. The van der Waals surface area contributed by atoms with Crippen molar-refractivity contribution in [2.24, 2.45) is 0 Å². The van der Waals surface area contributed by atoms with Crippen molar-refractivity contribution in [2.75, 3.05) is 19.6 Å². The van der Waals surface area contributed by atoms with Gasteiger partial charge >= 0.3 is 51.4 Å². The average molecular weight is 197 g/mol. The molecule has 0 spiro atoms. The second-order valence-electron chi connectivity index (χ2n) is 2.67. The summed E-state index contributed by atoms with van der Waals surface area (Å²) in [7, 11) is 2.68. The van der Waals surface area contributed by atoms with Gasteiger partial charge in [0.1, 0.15) is 0 Å². The topological polar surface area (TPSA) is 17.3 Å². The first-order valence-corrected chi connectivity index (χ1v) is 4.32. The molecule has 1 aliphatic rings. The molecule has 0 aromatic carbocycles. The van der Waals surface area contributed by atoms with E-state index in [1.165, 1.54) is 0 Å². The Morgan fingerprint density at radius 2 is 2.27 bits per heavy atom. The SMILES string of the molecule is CC[CH-]C[N-]C1CN(P)C1.[K+]. The maximum absolute atomic E-state index is 4.46. The Labute approximate surface area is 115 Å². The molecule has 0 aromatic rings. The largest absolute Gasteiger partial charge is 1.00 e. The summed E-state index contributed by atoms with van der Waals surface area (Å²) in [6, 6.07) is 0.611. The summed E-state index contributed by atoms with van der Waals surface area (Å²) in [6.45, 7) is 5.35. The normalized spacial score (nSPS) is 19.1. The Bertz CT molecular complexity index is 96.4. The van der Waals surface area contributed by atoms with E-state index in [9.17, 15) is 0 Å². The van der Waals surface area contributed by atoms with Crippen LogP contribution in [0.5, 0.6) is 0 Å². The molecule has 1 rings (SSSR count). The molecular weight excluding hydrogens is 182 g/mol. The van der Waals surface area contributed by atoms with Gasteiger partial charge < -0.3 is 11.7 Å². The molecule has 60 valence electrons. The maximum Gasteiger partial charge on any atom is 1.00 e. The van der Waals surface area contributed by atoms with Gasteiger partial charge in [-0.05, 0) is 13.1 Å². The van der Waals surface area contributed by atoms with Crippen molar-refractivity contribution in [3.05, 3.63) is 11.7 Å². The van der Waals surface area contributed by atoms with E-state index in [4.69, 9.17) is 0 Å². The molecule has 0 N–H and O–H groups in total. The number of unbranched alkanes of at least 4 members (excludes halogenated alkanes) is 1. The minimum Gasteiger partial charge on any atom is -0.683 e. The molecule has 0 bridgehead atoms. The van der Waals surface area contributed by atoms with Crippen LogP contribution in [0.15, 0.2) is 0 Å². The monoisotopic (exact) mass is 197 g/mol. The van der Waals surface area contributed by atoms with Crippen molar-refractivity contribution in [1.29, 1.82) is 0 Å². The van der Waals surface area contributed by atoms with Crippen LogP contribution in [-0.2, 0) is 0 Å². The van der Waals surface area contributed by atoms with Gasteiger partial charge in [0.15, 0.2) is 0 Å². The quantitative estimate of drug-likeness (QED) is 0.231. The molecule has 11 heavy (non-hydrogen) atoms. The van der Waals surface area contributed by atoms with E-state index in [0.29, 0.717) is 6.04 Å². The molecule has 1 atom stereocenters. The number of nitrogens with zero attached hydrogens (tertiary/aromatic N) is 2. The summed E-state index contributed by atoms with van der Waals surface area (Å²) in [4.78, 5) is 0. The van der Waals surface area contributed by atoms with Gasteiger partial charge in [-0.1, -0.05) is 16.3 Å². The van der Waals surface area contributed by atoms with Crippen molar-refractivity contribution in [3.63, 3.8) is 0 Å². The van der Waals surface area contributed by atoms with E-state index in [1.807, 2.05) is 0 Å². The standard InChI is InChI=1S/C7H15N2P.K/c1-2-3-4-8-7-5-9(10)6-7;/h3,7H,2,4-6,10H2,1H3;/q-2;+1. The second-order valence-corrected chi connectivity index (χ2v) is 3.40. The third-order valence-electron chi connectivity index (χ3n) is 1.67. The van der Waals surface area contributed by atoms with Gasteiger partial charge in [-0.15, -0.1) is 6.04 Å². The minimum absolute atomic E-state index is 0. The van der Waals surface area contributed by atoms with E-state index in [-0.39, 0.29) is 51.4 Å². The number of hydrogen-bond acceptors (Lipinski definition) is 1. The molecular formula is C7H15KN2P-. The molecule has 1 heterocycles. The molecule has 1 aliphatic heterocycles. The van der Waals surface area contributed by atoms with Crippen LogP contribution in [0.1, 0.15) is 13.3 Å². The predicted octanol–water partition coefficient (Wildman–Crippen LogP) is -1.55. The summed E-state index contributed by atoms with van der Waals surface area (Å²) >= 11 is 0. The van der Waals surface area contributed by atoms with Gasteiger partial charge in [-0.3, -0.25) is 11.2 Å². The van der Waals surface area contributed by atoms with E-state index < -0.39 is 0 Å². The average Bonchev–Trinajstić information content (AvgIpc) is 1.85. The van der Waals surface area contributed by atoms with Crippen LogP contribution >= 0.6 is 9.39 Å². The Morgan fingerprint density at radius 3 is 2.73 bits per heavy atom. The van der Waals surface area contributed by atoms with Gasteiger partial charge in [-0.2, -0.15) is 6.42 Å². The first-order valence-electron chi connectivity index (χ1n) is 3.81. The molecule has 0 aromatic heterocycles. The van der Waals surface area contributed by atoms with E-state index in [2.05, 4.69) is 32.7 Å². The Balaban J connectivity index is 0.000001000. The first kappa shape index (κ1) is 13.0. The number of rotatable bonds is 4. The van der Waals surface area contributed by atoms with Gasteiger partial charge in [-0.25, -0.2) is 0 Å². The first-order chi connectivity index (χ1) is 4.83. The molecule has 0 saturated carbocycles. The fraction of sp³-hybridized carbons (Fsp3) is 0.857. The van der Waals surface area contributed by atoms with Crippen molar-refractivity contribution >= 4 is 9.39 Å².